The van der Waals surface area contributed by atoms with Crippen molar-refractivity contribution in [1.29, 1.82) is 0 Å². The van der Waals surface area contributed by atoms with E-state index in [1.54, 1.807) is 6.33 Å². The highest BCUT2D eigenvalue weighted by atomic mass is 16.5. The molecule has 1 saturated carbocycles. The van der Waals surface area contributed by atoms with Crippen molar-refractivity contribution in [3.63, 3.8) is 0 Å². The normalized spacial score (nSPS) is 24.2. The van der Waals surface area contributed by atoms with Crippen LogP contribution in [0.25, 0.3) is 0 Å². The minimum Gasteiger partial charge on any atom is -0.380 e. The van der Waals surface area contributed by atoms with Gasteiger partial charge < -0.3 is 14.5 Å². The van der Waals surface area contributed by atoms with Crippen LogP contribution in [0.15, 0.2) is 18.6 Å². The van der Waals surface area contributed by atoms with E-state index in [1.165, 1.54) is 64.8 Å². The monoisotopic (exact) mass is 345 g/mol. The molecule has 0 N–H and O–H groups in total. The molecule has 6 nitrogen and oxygen atoms in total. The third-order valence-electron chi connectivity index (χ3n) is 5.77. The zero-order valence-electron chi connectivity index (χ0n) is 15.2. The predicted molar refractivity (Wildman–Crippen MR) is 98.9 cm³/mol. The van der Waals surface area contributed by atoms with Crippen LogP contribution in [-0.4, -0.2) is 84.3 Å². The van der Waals surface area contributed by atoms with Gasteiger partial charge in [-0.1, -0.05) is 0 Å². The summed E-state index contributed by atoms with van der Waals surface area (Å²) in [6.45, 7) is 8.93. The molecule has 0 spiro atoms. The Morgan fingerprint density at radius 1 is 0.960 bits per heavy atom. The van der Waals surface area contributed by atoms with E-state index in [4.69, 9.17) is 4.74 Å². The van der Waals surface area contributed by atoms with Crippen molar-refractivity contribution in [3.05, 3.63) is 18.6 Å². The van der Waals surface area contributed by atoms with E-state index in [-0.39, 0.29) is 0 Å². The van der Waals surface area contributed by atoms with Gasteiger partial charge >= 0.3 is 0 Å². The third-order valence-corrected chi connectivity index (χ3v) is 5.77. The average Bonchev–Trinajstić information content (AvgIpc) is 3.50. The van der Waals surface area contributed by atoms with Crippen LogP contribution in [-0.2, 0) is 4.74 Å². The number of aromatic nitrogens is 2. The fourth-order valence-corrected chi connectivity index (χ4v) is 4.19. The van der Waals surface area contributed by atoms with Crippen molar-refractivity contribution in [2.75, 3.05) is 57.4 Å². The molecule has 6 heteroatoms. The molecule has 3 aliphatic rings. The third kappa shape index (κ3) is 4.68. The van der Waals surface area contributed by atoms with Gasteiger partial charge in [0.05, 0.1) is 6.61 Å². The number of likely N-dealkylation sites (tertiary alicyclic amines) is 1. The summed E-state index contributed by atoms with van der Waals surface area (Å²) in [5.74, 6) is 1.13. The number of hydrogen-bond acceptors (Lipinski definition) is 6. The Kier molecular flexibility index (Phi) is 5.79. The highest BCUT2D eigenvalue weighted by Gasteiger charge is 2.36. The van der Waals surface area contributed by atoms with Gasteiger partial charge in [0, 0.05) is 64.2 Å². The van der Waals surface area contributed by atoms with Crippen LogP contribution in [0, 0.1) is 0 Å². The number of rotatable bonds is 6. The molecule has 0 aromatic carbocycles. The Morgan fingerprint density at radius 3 is 2.44 bits per heavy atom. The minimum atomic E-state index is 0.644. The van der Waals surface area contributed by atoms with Gasteiger partial charge in [-0.2, -0.15) is 0 Å². The summed E-state index contributed by atoms with van der Waals surface area (Å²) in [7, 11) is 0. The van der Waals surface area contributed by atoms with E-state index in [0.717, 1.165) is 25.6 Å². The Balaban J connectivity index is 1.26. The first-order valence-corrected chi connectivity index (χ1v) is 9.97. The van der Waals surface area contributed by atoms with Crippen molar-refractivity contribution in [2.45, 2.75) is 44.2 Å². The maximum Gasteiger partial charge on any atom is 0.132 e. The number of anilines is 1. The summed E-state index contributed by atoms with van der Waals surface area (Å²) in [5.41, 5.74) is 0. The Hall–Kier alpha value is -1.24. The second-order valence-electron chi connectivity index (χ2n) is 7.59. The molecule has 0 atom stereocenters. The topological polar surface area (TPSA) is 44.7 Å². The zero-order chi connectivity index (χ0) is 16.9. The van der Waals surface area contributed by atoms with Crippen LogP contribution in [0.3, 0.4) is 0 Å². The molecule has 1 aromatic heterocycles. The molecule has 0 unspecified atom stereocenters. The van der Waals surface area contributed by atoms with Crippen LogP contribution in [0.4, 0.5) is 5.82 Å². The van der Waals surface area contributed by atoms with E-state index in [2.05, 4.69) is 30.7 Å². The molecule has 0 bridgehead atoms. The predicted octanol–water partition coefficient (Wildman–Crippen LogP) is 1.63. The first-order valence-electron chi connectivity index (χ1n) is 9.97. The van der Waals surface area contributed by atoms with E-state index < -0.39 is 0 Å². The van der Waals surface area contributed by atoms with E-state index in [0.29, 0.717) is 12.1 Å². The van der Waals surface area contributed by atoms with Crippen LogP contribution in [0.5, 0.6) is 0 Å². The first kappa shape index (κ1) is 17.2. The lowest BCUT2D eigenvalue weighted by Crippen LogP contribution is -2.48. The second kappa shape index (κ2) is 8.43. The van der Waals surface area contributed by atoms with Crippen molar-refractivity contribution >= 4 is 5.82 Å². The zero-order valence-corrected chi connectivity index (χ0v) is 15.2. The molecule has 138 valence electrons. The molecule has 4 rings (SSSR count). The molecule has 3 fully saturated rings. The van der Waals surface area contributed by atoms with Crippen LogP contribution in [0.2, 0.25) is 0 Å². The van der Waals surface area contributed by atoms with E-state index in [1.807, 2.05) is 6.20 Å². The molecule has 1 aromatic rings. The lowest BCUT2D eigenvalue weighted by molar-refractivity contribution is 0.134. The molecule has 3 heterocycles. The van der Waals surface area contributed by atoms with Gasteiger partial charge in [-0.05, 0) is 38.2 Å². The van der Waals surface area contributed by atoms with Gasteiger partial charge in [0.2, 0.25) is 0 Å². The Morgan fingerprint density at radius 2 is 1.72 bits per heavy atom. The van der Waals surface area contributed by atoms with Gasteiger partial charge in [0.25, 0.3) is 0 Å². The highest BCUT2D eigenvalue weighted by molar-refractivity contribution is 5.41. The quantitative estimate of drug-likeness (QED) is 0.781. The fraction of sp³-hybridized carbons (Fsp3) is 0.789. The van der Waals surface area contributed by atoms with Crippen molar-refractivity contribution in [2.24, 2.45) is 0 Å². The average molecular weight is 345 g/mol. The Labute approximate surface area is 151 Å². The van der Waals surface area contributed by atoms with Crippen LogP contribution >= 0.6 is 0 Å². The molecule has 25 heavy (non-hydrogen) atoms. The van der Waals surface area contributed by atoms with Gasteiger partial charge in [-0.25, -0.2) is 9.97 Å². The Bertz CT molecular complexity index is 508. The molecule has 0 radical (unpaired) electrons. The maximum atomic E-state index is 5.56. The summed E-state index contributed by atoms with van der Waals surface area (Å²) in [4.78, 5) is 16.4. The van der Waals surface area contributed by atoms with Crippen molar-refractivity contribution in [1.82, 2.24) is 19.8 Å². The summed E-state index contributed by atoms with van der Waals surface area (Å²) < 4.78 is 5.56. The van der Waals surface area contributed by atoms with Gasteiger partial charge in [0.15, 0.2) is 0 Å². The lowest BCUT2D eigenvalue weighted by atomic mass is 10.0. The molecule has 0 amide bonds. The SMILES string of the molecule is c1cc(N(C2CC2)C2CCN(CCN3CCCOCC3)CC2)ncn1. The van der Waals surface area contributed by atoms with Crippen LogP contribution in [0.1, 0.15) is 32.1 Å². The fourth-order valence-electron chi connectivity index (χ4n) is 4.19. The summed E-state index contributed by atoms with van der Waals surface area (Å²) in [5, 5.41) is 0. The molecular formula is C19H31N5O. The second-order valence-corrected chi connectivity index (χ2v) is 7.59. The maximum absolute atomic E-state index is 5.56. The number of piperidine rings is 1. The number of nitrogens with zero attached hydrogens (tertiary/aromatic N) is 5. The standard InChI is InChI=1S/C19H31N5O/c1-8-22(13-15-25-14-1)11-12-23-9-5-18(6-10-23)24(17-2-3-17)19-4-7-20-16-21-19/h4,7,16-18H,1-3,5-6,8-15H2. The van der Waals surface area contributed by atoms with Gasteiger partial charge in [0.1, 0.15) is 12.1 Å². The van der Waals surface area contributed by atoms with Crippen molar-refractivity contribution < 1.29 is 4.74 Å². The molecule has 2 saturated heterocycles. The van der Waals surface area contributed by atoms with Gasteiger partial charge in [-0.15, -0.1) is 0 Å². The first-order chi connectivity index (χ1) is 12.4. The summed E-state index contributed by atoms with van der Waals surface area (Å²) >= 11 is 0. The summed E-state index contributed by atoms with van der Waals surface area (Å²) in [6, 6.07) is 3.43. The van der Waals surface area contributed by atoms with Crippen molar-refractivity contribution in [3.8, 4) is 0 Å². The summed E-state index contributed by atoms with van der Waals surface area (Å²) in [6.07, 6.45) is 9.88. The largest absolute Gasteiger partial charge is 0.380 e. The smallest absolute Gasteiger partial charge is 0.132 e. The minimum absolute atomic E-state index is 0.644. The number of ether oxygens (including phenoxy) is 1. The van der Waals surface area contributed by atoms with Gasteiger partial charge in [-0.3, -0.25) is 4.90 Å². The molecule has 1 aliphatic carbocycles. The van der Waals surface area contributed by atoms with E-state index in [9.17, 15) is 0 Å². The van der Waals surface area contributed by atoms with Crippen LogP contribution < -0.4 is 4.90 Å². The molecular weight excluding hydrogens is 314 g/mol. The van der Waals surface area contributed by atoms with E-state index >= 15 is 0 Å². The number of hydrogen-bond donors (Lipinski definition) is 0. The lowest BCUT2D eigenvalue weighted by Gasteiger charge is -2.39. The highest BCUT2D eigenvalue weighted by Crippen LogP contribution is 2.34. The molecule has 2 aliphatic heterocycles.